The van der Waals surface area contributed by atoms with Crippen molar-refractivity contribution >= 4 is 5.91 Å². The van der Waals surface area contributed by atoms with Crippen LogP contribution in [0.4, 0.5) is 0 Å². The van der Waals surface area contributed by atoms with Gasteiger partial charge in [-0.25, -0.2) is 4.68 Å². The van der Waals surface area contributed by atoms with E-state index in [1.165, 1.54) is 11.3 Å². The molecule has 1 heterocycles. The first-order valence-corrected chi connectivity index (χ1v) is 8.60. The maximum atomic E-state index is 12.7. The number of para-hydroxylation sites is 1. The van der Waals surface area contributed by atoms with Gasteiger partial charge in [-0.05, 0) is 58.8 Å². The number of aryl methyl sites for hydroxylation is 1. The van der Waals surface area contributed by atoms with E-state index in [2.05, 4.69) is 41.3 Å². The molecule has 1 amide bonds. The number of nitrogens with zero attached hydrogens (tertiary/aromatic N) is 3. The van der Waals surface area contributed by atoms with Gasteiger partial charge in [0.15, 0.2) is 5.69 Å². The van der Waals surface area contributed by atoms with Gasteiger partial charge >= 0.3 is 0 Å². The Morgan fingerprint density at radius 2 is 2.08 bits per heavy atom. The summed E-state index contributed by atoms with van der Waals surface area (Å²) in [6.07, 6.45) is 3.01. The fraction of sp³-hybridized carbons (Fsp3) is 0.474. The van der Waals surface area contributed by atoms with E-state index >= 15 is 0 Å². The molecule has 0 bridgehead atoms. The monoisotopic (exact) mass is 326 g/mol. The van der Waals surface area contributed by atoms with E-state index in [-0.39, 0.29) is 5.91 Å². The van der Waals surface area contributed by atoms with Crippen LogP contribution in [-0.2, 0) is 12.8 Å². The van der Waals surface area contributed by atoms with Crippen LogP contribution in [0.25, 0.3) is 5.69 Å². The van der Waals surface area contributed by atoms with Crippen molar-refractivity contribution in [3.05, 3.63) is 46.8 Å². The molecule has 1 aromatic carbocycles. The van der Waals surface area contributed by atoms with Gasteiger partial charge in [0.25, 0.3) is 5.91 Å². The van der Waals surface area contributed by atoms with Crippen molar-refractivity contribution in [1.82, 2.24) is 20.0 Å². The van der Waals surface area contributed by atoms with Gasteiger partial charge in [0.2, 0.25) is 0 Å². The average molecular weight is 326 g/mol. The number of likely N-dealkylation sites (N-methyl/N-ethyl adjacent to an activating group) is 1. The molecule has 1 N–H and O–H groups in total. The highest BCUT2D eigenvalue weighted by Crippen LogP contribution is 2.28. The predicted molar refractivity (Wildman–Crippen MR) is 95.8 cm³/mol. The third-order valence-corrected chi connectivity index (χ3v) is 4.93. The van der Waals surface area contributed by atoms with E-state index in [1.54, 1.807) is 0 Å². The van der Waals surface area contributed by atoms with Gasteiger partial charge in [-0.15, -0.1) is 0 Å². The lowest BCUT2D eigenvalue weighted by Gasteiger charge is -2.19. The Bertz CT molecular complexity index is 748. The number of nitrogens with one attached hydrogen (secondary N) is 1. The lowest BCUT2D eigenvalue weighted by atomic mass is 10.1. The molecule has 3 rings (SSSR count). The van der Waals surface area contributed by atoms with Crippen molar-refractivity contribution < 1.29 is 4.79 Å². The van der Waals surface area contributed by atoms with E-state index in [4.69, 9.17) is 0 Å². The SMILES string of the molecule is Cc1ccccc1-n1nc(C(=O)NC[C@H](C)N(C)C)c2c1CCC2. The second kappa shape index (κ2) is 6.77. The summed E-state index contributed by atoms with van der Waals surface area (Å²) in [5, 5.41) is 7.71. The van der Waals surface area contributed by atoms with E-state index in [0.29, 0.717) is 18.3 Å². The van der Waals surface area contributed by atoms with E-state index in [9.17, 15) is 4.79 Å². The highest BCUT2D eigenvalue weighted by atomic mass is 16.2. The number of rotatable bonds is 5. The molecule has 2 aromatic rings. The standard InChI is InChI=1S/C19H26N4O/c1-13-8-5-6-10-16(13)23-17-11-7-9-15(17)18(21-23)19(24)20-12-14(2)22(3)4/h5-6,8,10,14H,7,9,11-12H2,1-4H3,(H,20,24)/t14-/m0/s1. The molecule has 128 valence electrons. The van der Waals surface area contributed by atoms with Crippen LogP contribution in [0.15, 0.2) is 24.3 Å². The van der Waals surface area contributed by atoms with Crippen LogP contribution in [0.5, 0.6) is 0 Å². The minimum Gasteiger partial charge on any atom is -0.349 e. The van der Waals surface area contributed by atoms with Gasteiger partial charge in [0.05, 0.1) is 5.69 Å². The zero-order valence-electron chi connectivity index (χ0n) is 15.0. The topological polar surface area (TPSA) is 50.2 Å². The number of hydrogen-bond acceptors (Lipinski definition) is 3. The lowest BCUT2D eigenvalue weighted by Crippen LogP contribution is -2.38. The van der Waals surface area contributed by atoms with Crippen LogP contribution in [0.3, 0.4) is 0 Å². The summed E-state index contributed by atoms with van der Waals surface area (Å²) in [5.74, 6) is -0.0609. The second-order valence-electron chi connectivity index (χ2n) is 6.85. The van der Waals surface area contributed by atoms with Gasteiger partial charge < -0.3 is 10.2 Å². The number of benzene rings is 1. The number of carbonyl (C=O) groups excluding carboxylic acids is 1. The van der Waals surface area contributed by atoms with Gasteiger partial charge in [-0.2, -0.15) is 5.10 Å². The average Bonchev–Trinajstić information content (AvgIpc) is 3.15. The van der Waals surface area contributed by atoms with Crippen molar-refractivity contribution in [1.29, 1.82) is 0 Å². The van der Waals surface area contributed by atoms with E-state index in [1.807, 2.05) is 30.9 Å². The molecule has 1 aromatic heterocycles. The predicted octanol–water partition coefficient (Wildman–Crippen LogP) is 2.35. The van der Waals surface area contributed by atoms with Crippen molar-refractivity contribution in [2.75, 3.05) is 20.6 Å². The van der Waals surface area contributed by atoms with Crippen molar-refractivity contribution in [3.63, 3.8) is 0 Å². The highest BCUT2D eigenvalue weighted by molar-refractivity contribution is 5.94. The Labute approximate surface area is 143 Å². The minimum absolute atomic E-state index is 0.0609. The molecule has 0 aliphatic heterocycles. The smallest absolute Gasteiger partial charge is 0.272 e. The summed E-state index contributed by atoms with van der Waals surface area (Å²) in [6, 6.07) is 8.48. The molecule has 0 radical (unpaired) electrons. The summed E-state index contributed by atoms with van der Waals surface area (Å²) in [7, 11) is 4.03. The van der Waals surface area contributed by atoms with E-state index < -0.39 is 0 Å². The fourth-order valence-corrected chi connectivity index (χ4v) is 3.13. The van der Waals surface area contributed by atoms with Crippen LogP contribution in [-0.4, -0.2) is 47.3 Å². The Morgan fingerprint density at radius 1 is 1.33 bits per heavy atom. The number of hydrogen-bond donors (Lipinski definition) is 1. The van der Waals surface area contributed by atoms with Crippen molar-refractivity contribution in [2.24, 2.45) is 0 Å². The third kappa shape index (κ3) is 3.08. The lowest BCUT2D eigenvalue weighted by molar-refractivity contribution is 0.0937. The summed E-state index contributed by atoms with van der Waals surface area (Å²) < 4.78 is 1.97. The second-order valence-corrected chi connectivity index (χ2v) is 6.85. The molecule has 1 atom stereocenters. The van der Waals surface area contributed by atoms with Crippen molar-refractivity contribution in [2.45, 2.75) is 39.2 Å². The molecule has 0 spiro atoms. The zero-order chi connectivity index (χ0) is 17.3. The summed E-state index contributed by atoms with van der Waals surface area (Å²) in [4.78, 5) is 14.7. The molecule has 0 unspecified atom stereocenters. The summed E-state index contributed by atoms with van der Waals surface area (Å²) in [6.45, 7) is 4.80. The van der Waals surface area contributed by atoms with Crippen LogP contribution < -0.4 is 5.32 Å². The largest absolute Gasteiger partial charge is 0.349 e. The Kier molecular flexibility index (Phi) is 4.71. The molecular formula is C19H26N4O. The maximum Gasteiger partial charge on any atom is 0.272 e. The van der Waals surface area contributed by atoms with Crippen molar-refractivity contribution in [3.8, 4) is 5.69 Å². The number of carbonyl (C=O) groups is 1. The first-order valence-electron chi connectivity index (χ1n) is 8.60. The fourth-order valence-electron chi connectivity index (χ4n) is 3.13. The molecule has 5 nitrogen and oxygen atoms in total. The number of amides is 1. The summed E-state index contributed by atoms with van der Waals surface area (Å²) >= 11 is 0. The minimum atomic E-state index is -0.0609. The van der Waals surface area contributed by atoms with Gasteiger partial charge in [-0.1, -0.05) is 18.2 Å². The van der Waals surface area contributed by atoms with Crippen LogP contribution in [0.1, 0.15) is 40.7 Å². The summed E-state index contributed by atoms with van der Waals surface area (Å²) in [5.41, 5.74) is 5.14. The van der Waals surface area contributed by atoms with Crippen LogP contribution in [0.2, 0.25) is 0 Å². The normalized spacial score (nSPS) is 14.7. The number of fused-ring (bicyclic) bond motifs is 1. The molecule has 0 fully saturated rings. The molecule has 5 heteroatoms. The quantitative estimate of drug-likeness (QED) is 0.917. The molecule has 0 saturated heterocycles. The Morgan fingerprint density at radius 3 is 2.79 bits per heavy atom. The third-order valence-electron chi connectivity index (χ3n) is 4.93. The first-order chi connectivity index (χ1) is 11.5. The maximum absolute atomic E-state index is 12.7. The van der Waals surface area contributed by atoms with Gasteiger partial charge in [-0.3, -0.25) is 4.79 Å². The molecular weight excluding hydrogens is 300 g/mol. The Hall–Kier alpha value is -2.14. The molecule has 1 aliphatic rings. The highest BCUT2D eigenvalue weighted by Gasteiger charge is 2.27. The number of aromatic nitrogens is 2. The Balaban J connectivity index is 1.89. The molecule has 24 heavy (non-hydrogen) atoms. The van der Waals surface area contributed by atoms with E-state index in [0.717, 1.165) is 30.5 Å². The van der Waals surface area contributed by atoms with Crippen LogP contribution in [0, 0.1) is 6.92 Å². The van der Waals surface area contributed by atoms with Gasteiger partial charge in [0, 0.05) is 23.8 Å². The zero-order valence-corrected chi connectivity index (χ0v) is 15.0. The van der Waals surface area contributed by atoms with Crippen LogP contribution >= 0.6 is 0 Å². The molecule has 1 aliphatic carbocycles. The molecule has 0 saturated carbocycles. The van der Waals surface area contributed by atoms with Gasteiger partial charge in [0.1, 0.15) is 0 Å². The first kappa shape index (κ1) is 16.7.